The zero-order chi connectivity index (χ0) is 16.8. The van der Waals surface area contributed by atoms with Crippen molar-refractivity contribution in [3.63, 3.8) is 0 Å². The number of thiazole rings is 1. The van der Waals surface area contributed by atoms with Gasteiger partial charge in [0.2, 0.25) is 5.91 Å². The van der Waals surface area contributed by atoms with Crippen LogP contribution >= 0.6 is 11.3 Å². The molecule has 1 fully saturated rings. The Bertz CT molecular complexity index is 706. The van der Waals surface area contributed by atoms with Gasteiger partial charge in [0.1, 0.15) is 0 Å². The Kier molecular flexibility index (Phi) is 5.44. The monoisotopic (exact) mass is 340 g/mol. The average Bonchev–Trinajstić information content (AvgIpc) is 3.29. The van der Waals surface area contributed by atoms with E-state index in [2.05, 4.69) is 21.3 Å². The molecule has 3 rings (SSSR count). The van der Waals surface area contributed by atoms with E-state index < -0.39 is 0 Å². The first-order chi connectivity index (χ1) is 11.8. The smallest absolute Gasteiger partial charge is 0.220 e. The minimum absolute atomic E-state index is 0.0744. The zero-order valence-corrected chi connectivity index (χ0v) is 14.3. The SMILES string of the molecule is N#Cc1ccc(CCC(=O)NCC2CCCN2c2nccs2)cc1. The Morgan fingerprint density at radius 2 is 2.25 bits per heavy atom. The molecule has 24 heavy (non-hydrogen) atoms. The van der Waals surface area contributed by atoms with E-state index in [9.17, 15) is 4.79 Å². The number of hydrogen-bond acceptors (Lipinski definition) is 5. The summed E-state index contributed by atoms with van der Waals surface area (Å²) in [7, 11) is 0. The number of benzene rings is 1. The maximum absolute atomic E-state index is 12.1. The topological polar surface area (TPSA) is 69.0 Å². The highest BCUT2D eigenvalue weighted by atomic mass is 32.1. The number of rotatable bonds is 6. The highest BCUT2D eigenvalue weighted by Gasteiger charge is 2.26. The van der Waals surface area contributed by atoms with E-state index in [4.69, 9.17) is 5.26 Å². The predicted octanol–water partition coefficient (Wildman–Crippen LogP) is 2.73. The van der Waals surface area contributed by atoms with E-state index in [0.29, 0.717) is 31.0 Å². The quantitative estimate of drug-likeness (QED) is 0.878. The van der Waals surface area contributed by atoms with Crippen molar-refractivity contribution in [3.05, 3.63) is 47.0 Å². The number of carbonyl (C=O) groups excluding carboxylic acids is 1. The molecule has 1 unspecified atom stereocenters. The van der Waals surface area contributed by atoms with Gasteiger partial charge in [-0.25, -0.2) is 4.98 Å². The number of aryl methyl sites for hydroxylation is 1. The summed E-state index contributed by atoms with van der Waals surface area (Å²) >= 11 is 1.65. The first-order valence-electron chi connectivity index (χ1n) is 8.18. The molecule has 1 amide bonds. The number of carbonyl (C=O) groups is 1. The van der Waals surface area contributed by atoms with Crippen LogP contribution in [0.15, 0.2) is 35.8 Å². The van der Waals surface area contributed by atoms with Gasteiger partial charge in [0.15, 0.2) is 5.13 Å². The van der Waals surface area contributed by atoms with Crippen LogP contribution in [0.25, 0.3) is 0 Å². The van der Waals surface area contributed by atoms with E-state index in [-0.39, 0.29) is 5.91 Å². The third kappa shape index (κ3) is 4.12. The summed E-state index contributed by atoms with van der Waals surface area (Å²) in [5.74, 6) is 0.0744. The van der Waals surface area contributed by atoms with Gasteiger partial charge in [-0.15, -0.1) is 11.3 Å². The summed E-state index contributed by atoms with van der Waals surface area (Å²) in [5, 5.41) is 14.9. The van der Waals surface area contributed by atoms with Crippen molar-refractivity contribution in [1.82, 2.24) is 10.3 Å². The van der Waals surface area contributed by atoms with Crippen molar-refractivity contribution in [1.29, 1.82) is 5.26 Å². The minimum atomic E-state index is 0.0744. The Morgan fingerprint density at radius 3 is 2.96 bits per heavy atom. The summed E-state index contributed by atoms with van der Waals surface area (Å²) in [6.45, 7) is 1.69. The van der Waals surface area contributed by atoms with Crippen molar-refractivity contribution in [3.8, 4) is 6.07 Å². The molecule has 0 bridgehead atoms. The molecular formula is C18H20N4OS. The molecule has 1 aromatic carbocycles. The van der Waals surface area contributed by atoms with Crippen molar-refractivity contribution < 1.29 is 4.79 Å². The fourth-order valence-corrected chi connectivity index (χ4v) is 3.72. The van der Waals surface area contributed by atoms with E-state index in [0.717, 1.165) is 30.1 Å². The maximum atomic E-state index is 12.1. The predicted molar refractivity (Wildman–Crippen MR) is 95.0 cm³/mol. The van der Waals surface area contributed by atoms with Crippen LogP contribution in [0.2, 0.25) is 0 Å². The third-order valence-electron chi connectivity index (χ3n) is 4.30. The van der Waals surface area contributed by atoms with E-state index in [1.807, 2.05) is 23.7 Å². The molecule has 1 aliphatic rings. The summed E-state index contributed by atoms with van der Waals surface area (Å²) in [4.78, 5) is 18.8. The number of hydrogen-bond donors (Lipinski definition) is 1. The summed E-state index contributed by atoms with van der Waals surface area (Å²) in [5.41, 5.74) is 1.72. The van der Waals surface area contributed by atoms with Crippen molar-refractivity contribution in [2.24, 2.45) is 0 Å². The maximum Gasteiger partial charge on any atom is 0.220 e. The van der Waals surface area contributed by atoms with Gasteiger partial charge in [-0.2, -0.15) is 5.26 Å². The van der Waals surface area contributed by atoms with Crippen LogP contribution in [0.4, 0.5) is 5.13 Å². The molecule has 0 radical (unpaired) electrons. The van der Waals surface area contributed by atoms with Gasteiger partial charge in [0, 0.05) is 37.1 Å². The number of nitriles is 1. The van der Waals surface area contributed by atoms with Crippen LogP contribution in [-0.4, -0.2) is 30.0 Å². The van der Waals surface area contributed by atoms with E-state index >= 15 is 0 Å². The Morgan fingerprint density at radius 1 is 1.42 bits per heavy atom. The molecule has 0 spiro atoms. The highest BCUT2D eigenvalue weighted by molar-refractivity contribution is 7.13. The van der Waals surface area contributed by atoms with Crippen LogP contribution in [0.1, 0.15) is 30.4 Å². The number of amides is 1. The molecule has 6 heteroatoms. The van der Waals surface area contributed by atoms with E-state index in [1.54, 1.807) is 23.5 Å². The van der Waals surface area contributed by atoms with Gasteiger partial charge in [-0.3, -0.25) is 4.79 Å². The molecule has 2 aromatic rings. The first kappa shape index (κ1) is 16.5. The standard InChI is InChI=1S/C18H20N4OS/c19-12-15-5-3-14(4-6-15)7-8-17(23)21-13-16-2-1-10-22(16)18-20-9-11-24-18/h3-6,9,11,16H,1-2,7-8,10,13H2,(H,21,23). The molecule has 1 atom stereocenters. The lowest BCUT2D eigenvalue weighted by Crippen LogP contribution is -2.40. The number of aromatic nitrogens is 1. The second-order valence-corrected chi connectivity index (χ2v) is 6.79. The molecule has 1 N–H and O–H groups in total. The van der Waals surface area contributed by atoms with Gasteiger partial charge < -0.3 is 10.2 Å². The van der Waals surface area contributed by atoms with Crippen molar-refractivity contribution in [2.75, 3.05) is 18.0 Å². The van der Waals surface area contributed by atoms with Gasteiger partial charge in [-0.1, -0.05) is 12.1 Å². The van der Waals surface area contributed by atoms with Crippen molar-refractivity contribution in [2.45, 2.75) is 31.7 Å². The van der Waals surface area contributed by atoms with Crippen LogP contribution in [0.3, 0.4) is 0 Å². The second kappa shape index (κ2) is 7.93. The summed E-state index contributed by atoms with van der Waals surface area (Å²) in [6.07, 6.45) is 5.22. The zero-order valence-electron chi connectivity index (χ0n) is 13.4. The Hall–Kier alpha value is -2.39. The van der Waals surface area contributed by atoms with Crippen LogP contribution in [0.5, 0.6) is 0 Å². The fourth-order valence-electron chi connectivity index (χ4n) is 2.98. The molecule has 2 heterocycles. The molecule has 0 aliphatic carbocycles. The van der Waals surface area contributed by atoms with Crippen molar-refractivity contribution >= 4 is 22.4 Å². The number of nitrogens with one attached hydrogen (secondary N) is 1. The summed E-state index contributed by atoms with van der Waals surface area (Å²) in [6, 6.07) is 9.84. The molecule has 1 aliphatic heterocycles. The van der Waals surface area contributed by atoms with Crippen LogP contribution in [-0.2, 0) is 11.2 Å². The Labute approximate surface area is 145 Å². The largest absolute Gasteiger partial charge is 0.354 e. The minimum Gasteiger partial charge on any atom is -0.354 e. The fraction of sp³-hybridized carbons (Fsp3) is 0.389. The number of nitrogens with zero attached hydrogens (tertiary/aromatic N) is 3. The van der Waals surface area contributed by atoms with Gasteiger partial charge in [0.05, 0.1) is 11.6 Å². The Balaban J connectivity index is 1.44. The number of anilines is 1. The van der Waals surface area contributed by atoms with Crippen LogP contribution in [0, 0.1) is 11.3 Å². The van der Waals surface area contributed by atoms with Crippen LogP contribution < -0.4 is 10.2 Å². The lowest BCUT2D eigenvalue weighted by molar-refractivity contribution is -0.121. The first-order valence-corrected chi connectivity index (χ1v) is 9.06. The average molecular weight is 340 g/mol. The molecule has 5 nitrogen and oxygen atoms in total. The normalized spacial score (nSPS) is 16.8. The highest BCUT2D eigenvalue weighted by Crippen LogP contribution is 2.26. The molecule has 1 aromatic heterocycles. The van der Waals surface area contributed by atoms with Gasteiger partial charge in [-0.05, 0) is 37.0 Å². The summed E-state index contributed by atoms with van der Waals surface area (Å²) < 4.78 is 0. The van der Waals surface area contributed by atoms with E-state index in [1.165, 1.54) is 0 Å². The third-order valence-corrected chi connectivity index (χ3v) is 5.11. The molecule has 0 saturated carbocycles. The molecule has 124 valence electrons. The lowest BCUT2D eigenvalue weighted by atomic mass is 10.1. The molecular weight excluding hydrogens is 320 g/mol. The lowest BCUT2D eigenvalue weighted by Gasteiger charge is -2.24. The molecule has 1 saturated heterocycles. The second-order valence-electron chi connectivity index (χ2n) is 5.92. The van der Waals surface area contributed by atoms with Gasteiger partial charge in [0.25, 0.3) is 0 Å². The van der Waals surface area contributed by atoms with Gasteiger partial charge >= 0.3 is 0 Å².